The van der Waals surface area contributed by atoms with Gasteiger partial charge in [0.2, 0.25) is 10.0 Å². The molecular formula is C14H18ClN3O2S. The van der Waals surface area contributed by atoms with E-state index in [2.05, 4.69) is 5.10 Å². The topological polar surface area (TPSA) is 78.0 Å². The Hall–Kier alpha value is -1.37. The van der Waals surface area contributed by atoms with Crippen molar-refractivity contribution in [3.05, 3.63) is 46.2 Å². The second kappa shape index (κ2) is 6.17. The number of aryl methyl sites for hydroxylation is 1. The van der Waals surface area contributed by atoms with Gasteiger partial charge in [0.25, 0.3) is 0 Å². The number of halogens is 1. The van der Waals surface area contributed by atoms with Crippen LogP contribution in [0.4, 0.5) is 0 Å². The zero-order valence-electron chi connectivity index (χ0n) is 12.0. The van der Waals surface area contributed by atoms with Crippen molar-refractivity contribution in [2.45, 2.75) is 38.1 Å². The molecule has 0 bridgehead atoms. The first-order valence-corrected chi connectivity index (χ1v) is 8.65. The van der Waals surface area contributed by atoms with E-state index < -0.39 is 10.0 Å². The summed E-state index contributed by atoms with van der Waals surface area (Å²) in [4.78, 5) is 0.168. The van der Waals surface area contributed by atoms with E-state index in [4.69, 9.17) is 16.7 Å². The summed E-state index contributed by atoms with van der Waals surface area (Å²) in [6.45, 7) is 4.25. The molecule has 0 aliphatic carbocycles. The molecule has 0 aliphatic heterocycles. The number of hydrogen-bond donors (Lipinski definition) is 1. The zero-order chi connectivity index (χ0) is 15.6. The Morgan fingerprint density at radius 1 is 1.19 bits per heavy atom. The lowest BCUT2D eigenvalue weighted by Gasteiger charge is -2.07. The van der Waals surface area contributed by atoms with Crippen LogP contribution in [0.2, 0.25) is 5.02 Å². The SMILES string of the molecule is CCc1nn(Cc2ccc(Cl)cc2)c(CC)c1S(N)(=O)=O. The summed E-state index contributed by atoms with van der Waals surface area (Å²) < 4.78 is 25.3. The average Bonchev–Trinajstić information content (AvgIpc) is 2.79. The van der Waals surface area contributed by atoms with Gasteiger partial charge in [-0.3, -0.25) is 4.68 Å². The molecule has 2 N–H and O–H groups in total. The van der Waals surface area contributed by atoms with Gasteiger partial charge in [0.05, 0.1) is 17.9 Å². The summed E-state index contributed by atoms with van der Waals surface area (Å²) in [5.74, 6) is 0. The standard InChI is InChI=1S/C14H18ClN3O2S/c1-3-12-14(21(16,19)20)13(4-2)18(17-12)9-10-5-7-11(15)8-6-10/h5-8H,3-4,9H2,1-2H3,(H2,16,19,20). The van der Waals surface area contributed by atoms with Crippen LogP contribution in [-0.4, -0.2) is 18.2 Å². The maximum absolute atomic E-state index is 11.8. The van der Waals surface area contributed by atoms with Gasteiger partial charge >= 0.3 is 0 Å². The third-order valence-electron chi connectivity index (χ3n) is 3.28. The Labute approximate surface area is 129 Å². The lowest BCUT2D eigenvalue weighted by molar-refractivity contribution is 0.594. The van der Waals surface area contributed by atoms with Crippen LogP contribution in [0.5, 0.6) is 0 Å². The van der Waals surface area contributed by atoms with Gasteiger partial charge in [-0.05, 0) is 30.5 Å². The lowest BCUT2D eigenvalue weighted by Crippen LogP contribution is -2.16. The average molecular weight is 328 g/mol. The van der Waals surface area contributed by atoms with Gasteiger partial charge in [0.15, 0.2) is 0 Å². The largest absolute Gasteiger partial charge is 0.263 e. The number of aromatic nitrogens is 2. The lowest BCUT2D eigenvalue weighted by atomic mass is 10.2. The highest BCUT2D eigenvalue weighted by molar-refractivity contribution is 7.89. The molecule has 114 valence electrons. The van der Waals surface area contributed by atoms with Crippen molar-refractivity contribution in [2.75, 3.05) is 0 Å². The Morgan fingerprint density at radius 2 is 1.81 bits per heavy atom. The van der Waals surface area contributed by atoms with Crippen molar-refractivity contribution in [3.63, 3.8) is 0 Å². The van der Waals surface area contributed by atoms with Crippen molar-refractivity contribution in [1.82, 2.24) is 9.78 Å². The van der Waals surface area contributed by atoms with E-state index in [9.17, 15) is 8.42 Å². The van der Waals surface area contributed by atoms with Gasteiger partial charge in [-0.15, -0.1) is 0 Å². The fraction of sp³-hybridized carbons (Fsp3) is 0.357. The molecule has 2 aromatic rings. The molecule has 0 amide bonds. The molecule has 0 atom stereocenters. The van der Waals surface area contributed by atoms with Crippen molar-refractivity contribution in [2.24, 2.45) is 5.14 Å². The number of nitrogens with zero attached hydrogens (tertiary/aromatic N) is 2. The summed E-state index contributed by atoms with van der Waals surface area (Å²) >= 11 is 5.87. The maximum atomic E-state index is 11.8. The third-order valence-corrected chi connectivity index (χ3v) is 4.57. The van der Waals surface area contributed by atoms with E-state index in [0.29, 0.717) is 35.8 Å². The molecular weight excluding hydrogens is 310 g/mol. The van der Waals surface area contributed by atoms with E-state index >= 15 is 0 Å². The predicted molar refractivity (Wildman–Crippen MR) is 82.9 cm³/mol. The second-order valence-electron chi connectivity index (χ2n) is 4.76. The Balaban J connectivity index is 2.49. The minimum absolute atomic E-state index is 0.168. The number of hydrogen-bond acceptors (Lipinski definition) is 3. The number of benzene rings is 1. The first-order chi connectivity index (χ1) is 9.86. The molecule has 0 unspecified atom stereocenters. The monoisotopic (exact) mass is 327 g/mol. The van der Waals surface area contributed by atoms with Crippen LogP contribution in [0.25, 0.3) is 0 Å². The van der Waals surface area contributed by atoms with E-state index in [0.717, 1.165) is 5.56 Å². The second-order valence-corrected chi connectivity index (χ2v) is 6.69. The van der Waals surface area contributed by atoms with Crippen LogP contribution in [0.15, 0.2) is 29.2 Å². The van der Waals surface area contributed by atoms with E-state index in [-0.39, 0.29) is 4.90 Å². The molecule has 0 saturated heterocycles. The first kappa shape index (κ1) is 16.0. The molecule has 7 heteroatoms. The fourth-order valence-electron chi connectivity index (χ4n) is 2.33. The third kappa shape index (κ3) is 3.45. The molecule has 0 fully saturated rings. The van der Waals surface area contributed by atoms with E-state index in [1.54, 1.807) is 16.8 Å². The number of sulfonamides is 1. The van der Waals surface area contributed by atoms with Gasteiger partial charge in [-0.1, -0.05) is 37.6 Å². The van der Waals surface area contributed by atoms with Crippen molar-refractivity contribution < 1.29 is 8.42 Å². The minimum Gasteiger partial charge on any atom is -0.263 e. The highest BCUT2D eigenvalue weighted by Crippen LogP contribution is 2.22. The molecule has 0 aliphatic rings. The van der Waals surface area contributed by atoms with Crippen LogP contribution in [0.1, 0.15) is 30.8 Å². The van der Waals surface area contributed by atoms with Crippen LogP contribution >= 0.6 is 11.6 Å². The molecule has 0 radical (unpaired) electrons. The van der Waals surface area contributed by atoms with Crippen LogP contribution in [0, 0.1) is 0 Å². The van der Waals surface area contributed by atoms with Gasteiger partial charge in [-0.25, -0.2) is 13.6 Å². The van der Waals surface area contributed by atoms with Gasteiger partial charge < -0.3 is 0 Å². The fourth-order valence-corrected chi connectivity index (χ4v) is 3.55. The summed E-state index contributed by atoms with van der Waals surface area (Å²) in [5.41, 5.74) is 2.16. The van der Waals surface area contributed by atoms with Crippen LogP contribution in [-0.2, 0) is 29.4 Å². The Kier molecular flexibility index (Phi) is 4.70. The normalized spacial score (nSPS) is 11.8. The summed E-state index contributed by atoms with van der Waals surface area (Å²) in [5, 5.41) is 10.4. The minimum atomic E-state index is -3.77. The molecule has 0 spiro atoms. The van der Waals surface area contributed by atoms with Crippen molar-refractivity contribution in [3.8, 4) is 0 Å². The molecule has 1 heterocycles. The maximum Gasteiger partial charge on any atom is 0.241 e. The van der Waals surface area contributed by atoms with E-state index in [1.165, 1.54) is 0 Å². The summed E-state index contributed by atoms with van der Waals surface area (Å²) in [6, 6.07) is 7.39. The first-order valence-electron chi connectivity index (χ1n) is 6.72. The Bertz CT molecular complexity index is 736. The van der Waals surface area contributed by atoms with Gasteiger partial charge in [0, 0.05) is 5.02 Å². The zero-order valence-corrected chi connectivity index (χ0v) is 13.6. The van der Waals surface area contributed by atoms with E-state index in [1.807, 2.05) is 26.0 Å². The molecule has 1 aromatic carbocycles. The van der Waals surface area contributed by atoms with Crippen molar-refractivity contribution in [1.29, 1.82) is 0 Å². The quantitative estimate of drug-likeness (QED) is 0.915. The smallest absolute Gasteiger partial charge is 0.241 e. The highest BCUT2D eigenvalue weighted by atomic mass is 35.5. The Morgan fingerprint density at radius 3 is 2.29 bits per heavy atom. The molecule has 2 rings (SSSR count). The molecule has 1 aromatic heterocycles. The van der Waals surface area contributed by atoms with Crippen molar-refractivity contribution >= 4 is 21.6 Å². The predicted octanol–water partition coefficient (Wildman–Crippen LogP) is 2.36. The molecule has 0 saturated carbocycles. The number of rotatable bonds is 5. The highest BCUT2D eigenvalue weighted by Gasteiger charge is 2.24. The van der Waals surface area contributed by atoms with Crippen LogP contribution < -0.4 is 5.14 Å². The molecule has 5 nitrogen and oxygen atoms in total. The summed E-state index contributed by atoms with van der Waals surface area (Å²) in [7, 11) is -3.77. The molecule has 21 heavy (non-hydrogen) atoms. The van der Waals surface area contributed by atoms with Crippen LogP contribution in [0.3, 0.4) is 0 Å². The van der Waals surface area contributed by atoms with Gasteiger partial charge in [0.1, 0.15) is 4.90 Å². The number of primary sulfonamides is 1. The summed E-state index contributed by atoms with van der Waals surface area (Å²) in [6.07, 6.45) is 1.07. The van der Waals surface area contributed by atoms with Gasteiger partial charge in [-0.2, -0.15) is 5.10 Å². The number of nitrogens with two attached hydrogens (primary N) is 1.